The molecule has 3 N–H and O–H groups in total. The second-order valence-electron chi connectivity index (χ2n) is 7.99. The number of rotatable bonds is 9. The lowest BCUT2D eigenvalue weighted by atomic mass is 10.1. The van der Waals surface area contributed by atoms with Crippen molar-refractivity contribution in [3.8, 4) is 11.5 Å². The van der Waals surface area contributed by atoms with Crippen LogP contribution in [0.5, 0.6) is 11.5 Å². The standard InChI is InChI=1S/C27H25BrN2O5S/c1-3-16-6-10-20(11-7-16)29-27-30-25(31)24(36-27)13-19-12-22(34-2)23(14-21(19)28)35-15-17-4-8-18(9-5-17)26(32)33/h4-14,27,29H,3,15H2,1-2H3,(H,30,31)(H,32,33)/b24-13-/t27-/m1/s1. The van der Waals surface area contributed by atoms with Gasteiger partial charge >= 0.3 is 5.97 Å². The topological polar surface area (TPSA) is 96.9 Å². The molecule has 0 unspecified atom stereocenters. The number of benzene rings is 3. The molecule has 1 atom stereocenters. The molecule has 0 aromatic heterocycles. The van der Waals surface area contributed by atoms with Crippen LogP contribution in [0.4, 0.5) is 5.69 Å². The maximum Gasteiger partial charge on any atom is 0.335 e. The van der Waals surface area contributed by atoms with E-state index in [-0.39, 0.29) is 23.6 Å². The Bertz CT molecular complexity index is 1290. The molecular formula is C27H25BrN2O5S. The predicted octanol–water partition coefficient (Wildman–Crippen LogP) is 5.90. The third-order valence-corrected chi connectivity index (χ3v) is 7.27. The smallest absolute Gasteiger partial charge is 0.335 e. The first-order valence-electron chi connectivity index (χ1n) is 11.2. The number of ether oxygens (including phenoxy) is 2. The Labute approximate surface area is 222 Å². The molecular weight excluding hydrogens is 544 g/mol. The van der Waals surface area contributed by atoms with Crippen molar-refractivity contribution < 1.29 is 24.2 Å². The largest absolute Gasteiger partial charge is 0.493 e. The molecule has 0 spiro atoms. The summed E-state index contributed by atoms with van der Waals surface area (Å²) in [7, 11) is 1.55. The highest BCUT2D eigenvalue weighted by Crippen LogP contribution is 2.37. The predicted molar refractivity (Wildman–Crippen MR) is 145 cm³/mol. The van der Waals surface area contributed by atoms with E-state index in [1.807, 2.05) is 18.2 Å². The Balaban J connectivity index is 1.45. The molecule has 0 bridgehead atoms. The lowest BCUT2D eigenvalue weighted by molar-refractivity contribution is -0.116. The molecule has 1 amide bonds. The summed E-state index contributed by atoms with van der Waals surface area (Å²) in [5.41, 5.74) is 3.74. The fourth-order valence-electron chi connectivity index (χ4n) is 3.53. The molecule has 4 rings (SSSR count). The second-order valence-corrected chi connectivity index (χ2v) is 9.99. The number of methoxy groups -OCH3 is 1. The van der Waals surface area contributed by atoms with Crippen molar-refractivity contribution in [2.24, 2.45) is 0 Å². The number of aryl methyl sites for hydroxylation is 1. The van der Waals surface area contributed by atoms with Crippen LogP contribution < -0.4 is 20.1 Å². The van der Waals surface area contributed by atoms with Crippen LogP contribution in [-0.4, -0.2) is 29.6 Å². The summed E-state index contributed by atoms with van der Waals surface area (Å²) in [6.07, 6.45) is 2.78. The molecule has 1 saturated heterocycles. The zero-order valence-corrected chi connectivity index (χ0v) is 22.1. The van der Waals surface area contributed by atoms with Gasteiger partial charge in [-0.15, -0.1) is 0 Å². The molecule has 186 valence electrons. The number of nitrogens with one attached hydrogen (secondary N) is 2. The maximum atomic E-state index is 12.6. The van der Waals surface area contributed by atoms with Crippen LogP contribution in [-0.2, 0) is 17.8 Å². The van der Waals surface area contributed by atoms with E-state index in [1.165, 1.54) is 29.5 Å². The summed E-state index contributed by atoms with van der Waals surface area (Å²) in [5.74, 6) is -0.0907. The van der Waals surface area contributed by atoms with Gasteiger partial charge in [0.2, 0.25) is 0 Å². The van der Waals surface area contributed by atoms with Crippen LogP contribution in [0.3, 0.4) is 0 Å². The van der Waals surface area contributed by atoms with Gasteiger partial charge in [0.15, 0.2) is 17.0 Å². The molecule has 0 radical (unpaired) electrons. The number of anilines is 1. The first-order chi connectivity index (χ1) is 17.4. The minimum atomic E-state index is -0.973. The highest BCUT2D eigenvalue weighted by atomic mass is 79.9. The summed E-state index contributed by atoms with van der Waals surface area (Å²) in [6.45, 7) is 2.36. The summed E-state index contributed by atoms with van der Waals surface area (Å²) in [4.78, 5) is 24.2. The lowest BCUT2D eigenvalue weighted by Crippen LogP contribution is -2.30. The fraction of sp³-hybridized carbons (Fsp3) is 0.185. The minimum absolute atomic E-state index is 0.154. The molecule has 36 heavy (non-hydrogen) atoms. The van der Waals surface area contributed by atoms with Crippen molar-refractivity contribution in [1.82, 2.24) is 5.32 Å². The zero-order chi connectivity index (χ0) is 25.7. The number of carbonyl (C=O) groups excluding carboxylic acids is 1. The Kier molecular flexibility index (Phi) is 8.22. The number of hydrogen-bond donors (Lipinski definition) is 3. The van der Waals surface area contributed by atoms with E-state index in [2.05, 4.69) is 45.6 Å². The number of hydrogen-bond acceptors (Lipinski definition) is 6. The van der Waals surface area contributed by atoms with Crippen molar-refractivity contribution in [1.29, 1.82) is 0 Å². The monoisotopic (exact) mass is 568 g/mol. The number of carboxylic acid groups (broad SMARTS) is 1. The molecule has 9 heteroatoms. The maximum absolute atomic E-state index is 12.6. The van der Waals surface area contributed by atoms with Gasteiger partial charge in [0.25, 0.3) is 5.91 Å². The average Bonchev–Trinajstić information content (AvgIpc) is 3.22. The highest BCUT2D eigenvalue weighted by molar-refractivity contribution is 9.10. The number of carbonyl (C=O) groups is 2. The summed E-state index contributed by atoms with van der Waals surface area (Å²) < 4.78 is 12.2. The van der Waals surface area contributed by atoms with E-state index >= 15 is 0 Å². The number of thioether (sulfide) groups is 1. The third-order valence-electron chi connectivity index (χ3n) is 5.56. The van der Waals surface area contributed by atoms with Crippen molar-refractivity contribution in [2.45, 2.75) is 25.4 Å². The molecule has 3 aromatic rings. The van der Waals surface area contributed by atoms with Gasteiger partial charge in [0.05, 0.1) is 17.6 Å². The van der Waals surface area contributed by atoms with E-state index in [4.69, 9.17) is 14.6 Å². The van der Waals surface area contributed by atoms with Crippen LogP contribution in [0.2, 0.25) is 0 Å². The van der Waals surface area contributed by atoms with E-state index in [0.717, 1.165) is 27.7 Å². The highest BCUT2D eigenvalue weighted by Gasteiger charge is 2.27. The molecule has 3 aromatic carbocycles. The van der Waals surface area contributed by atoms with Crippen LogP contribution in [0, 0.1) is 0 Å². The van der Waals surface area contributed by atoms with Gasteiger partial charge in [-0.25, -0.2) is 4.79 Å². The molecule has 1 heterocycles. The molecule has 1 aliphatic rings. The Hall–Kier alpha value is -3.43. The summed E-state index contributed by atoms with van der Waals surface area (Å²) in [5, 5.41) is 15.3. The molecule has 1 fully saturated rings. The number of aromatic carboxylic acids is 1. The van der Waals surface area contributed by atoms with Crippen molar-refractivity contribution in [3.05, 3.63) is 92.3 Å². The quantitative estimate of drug-likeness (QED) is 0.276. The Morgan fingerprint density at radius 3 is 2.44 bits per heavy atom. The Morgan fingerprint density at radius 2 is 1.81 bits per heavy atom. The Morgan fingerprint density at radius 1 is 1.11 bits per heavy atom. The third kappa shape index (κ3) is 6.22. The molecule has 7 nitrogen and oxygen atoms in total. The summed E-state index contributed by atoms with van der Waals surface area (Å²) in [6, 6.07) is 18.2. The molecule has 1 aliphatic heterocycles. The van der Waals surface area contributed by atoms with Gasteiger partial charge in [-0.05, 0) is 65.6 Å². The number of carboxylic acids is 1. The number of halogens is 1. The van der Waals surface area contributed by atoms with Gasteiger partial charge < -0.3 is 25.2 Å². The van der Waals surface area contributed by atoms with Crippen LogP contribution in [0.25, 0.3) is 6.08 Å². The molecule has 0 saturated carbocycles. The fourth-order valence-corrected chi connectivity index (χ4v) is 4.95. The second kappa shape index (κ2) is 11.5. The van der Waals surface area contributed by atoms with E-state index in [1.54, 1.807) is 31.4 Å². The van der Waals surface area contributed by atoms with Crippen LogP contribution in [0.1, 0.15) is 34.0 Å². The zero-order valence-electron chi connectivity index (χ0n) is 19.7. The first kappa shape index (κ1) is 25.7. The molecule has 0 aliphatic carbocycles. The van der Waals surface area contributed by atoms with E-state index < -0.39 is 5.97 Å². The SMILES string of the molecule is CCc1ccc(N[C@@H]2NC(=O)/C(=C/c3cc(OC)c(OCc4ccc(C(=O)O)cc4)cc3Br)S2)cc1. The van der Waals surface area contributed by atoms with Gasteiger partial charge in [-0.2, -0.15) is 0 Å². The van der Waals surface area contributed by atoms with Crippen molar-refractivity contribution in [3.63, 3.8) is 0 Å². The average molecular weight is 569 g/mol. The van der Waals surface area contributed by atoms with Crippen molar-refractivity contribution >= 4 is 51.3 Å². The van der Waals surface area contributed by atoms with E-state index in [0.29, 0.717) is 16.4 Å². The van der Waals surface area contributed by atoms with E-state index in [9.17, 15) is 9.59 Å². The normalized spacial score (nSPS) is 16.0. The van der Waals surface area contributed by atoms with Gasteiger partial charge in [-0.3, -0.25) is 4.79 Å². The summed E-state index contributed by atoms with van der Waals surface area (Å²) >= 11 is 4.98. The van der Waals surface area contributed by atoms with Crippen molar-refractivity contribution in [2.75, 3.05) is 12.4 Å². The minimum Gasteiger partial charge on any atom is -0.493 e. The number of amides is 1. The first-order valence-corrected chi connectivity index (χ1v) is 12.9. The lowest BCUT2D eigenvalue weighted by Gasteiger charge is -2.13. The van der Waals surface area contributed by atoms with Gasteiger partial charge in [-0.1, -0.05) is 58.9 Å². The van der Waals surface area contributed by atoms with Gasteiger partial charge in [0.1, 0.15) is 6.61 Å². The van der Waals surface area contributed by atoms with Gasteiger partial charge in [0, 0.05) is 10.2 Å². The van der Waals surface area contributed by atoms with Crippen LogP contribution in [0.15, 0.2) is 70.0 Å². The van der Waals surface area contributed by atoms with Crippen LogP contribution >= 0.6 is 27.7 Å².